The van der Waals surface area contributed by atoms with Crippen molar-refractivity contribution in [2.75, 3.05) is 12.3 Å². The van der Waals surface area contributed by atoms with Crippen molar-refractivity contribution in [1.82, 2.24) is 10.2 Å². The van der Waals surface area contributed by atoms with Crippen LogP contribution in [0.3, 0.4) is 0 Å². The second kappa shape index (κ2) is 4.45. The average molecular weight is 263 g/mol. The Bertz CT molecular complexity index is 352. The summed E-state index contributed by atoms with van der Waals surface area (Å²) in [7, 11) is 0. The molecular formula is C6H6F5N3OS. The number of anilines is 1. The summed E-state index contributed by atoms with van der Waals surface area (Å²) in [4.78, 5) is 0. The normalized spacial score (nSPS) is 13.1. The number of nitrogens with two attached hydrogens (primary N) is 1. The van der Waals surface area contributed by atoms with Gasteiger partial charge in [-0.1, -0.05) is 11.3 Å². The smallest absolute Gasteiger partial charge is 0.374 e. The Morgan fingerprint density at radius 1 is 1.19 bits per heavy atom. The van der Waals surface area contributed by atoms with Crippen molar-refractivity contribution < 1.29 is 26.7 Å². The van der Waals surface area contributed by atoms with Gasteiger partial charge in [0.1, 0.15) is 18.2 Å². The lowest BCUT2D eigenvalue weighted by Crippen LogP contribution is -2.40. The second-order valence-corrected chi connectivity index (χ2v) is 3.82. The van der Waals surface area contributed by atoms with Gasteiger partial charge in [0.15, 0.2) is 0 Å². The molecule has 1 aromatic rings. The summed E-state index contributed by atoms with van der Waals surface area (Å²) in [5.41, 5.74) is 5.17. The molecule has 4 nitrogen and oxygen atoms in total. The molecule has 0 amide bonds. The number of nitrogen functional groups attached to an aromatic ring is 1. The molecule has 1 aromatic heterocycles. The molecule has 2 N–H and O–H groups in total. The van der Waals surface area contributed by atoms with Crippen LogP contribution in [0.15, 0.2) is 0 Å². The van der Waals surface area contributed by atoms with Crippen molar-refractivity contribution in [2.45, 2.75) is 18.7 Å². The van der Waals surface area contributed by atoms with Gasteiger partial charge in [-0.2, -0.15) is 22.0 Å². The fraction of sp³-hybridized carbons (Fsp3) is 0.667. The van der Waals surface area contributed by atoms with E-state index in [4.69, 9.17) is 5.73 Å². The molecule has 10 heteroatoms. The second-order valence-electron chi connectivity index (χ2n) is 2.73. The van der Waals surface area contributed by atoms with Gasteiger partial charge < -0.3 is 10.5 Å². The minimum absolute atomic E-state index is 0.0844. The van der Waals surface area contributed by atoms with Gasteiger partial charge in [-0.3, -0.25) is 0 Å². The fourth-order valence-electron chi connectivity index (χ4n) is 0.673. The molecule has 1 heterocycles. The van der Waals surface area contributed by atoms with E-state index < -0.39 is 25.3 Å². The van der Waals surface area contributed by atoms with Crippen LogP contribution in [0.4, 0.5) is 27.1 Å². The zero-order chi connectivity index (χ0) is 12.4. The van der Waals surface area contributed by atoms with Crippen LogP contribution in [-0.2, 0) is 11.3 Å². The molecule has 0 aliphatic heterocycles. The first kappa shape index (κ1) is 13.0. The highest BCUT2D eigenvalue weighted by atomic mass is 32.1. The number of rotatable bonds is 4. The monoisotopic (exact) mass is 263 g/mol. The number of hydrogen-bond donors (Lipinski definition) is 1. The Labute approximate surface area is 90.2 Å². The van der Waals surface area contributed by atoms with E-state index in [2.05, 4.69) is 14.9 Å². The van der Waals surface area contributed by atoms with Crippen LogP contribution in [0.2, 0.25) is 0 Å². The molecule has 0 aliphatic carbocycles. The largest absolute Gasteiger partial charge is 0.455 e. The molecule has 0 atom stereocenters. The van der Waals surface area contributed by atoms with Crippen LogP contribution in [0.1, 0.15) is 5.01 Å². The number of hydrogen-bond acceptors (Lipinski definition) is 5. The summed E-state index contributed by atoms with van der Waals surface area (Å²) < 4.78 is 63.9. The Hall–Kier alpha value is -1.03. The van der Waals surface area contributed by atoms with Crippen molar-refractivity contribution in [2.24, 2.45) is 0 Å². The summed E-state index contributed by atoms with van der Waals surface area (Å²) in [5.74, 6) is -4.87. The van der Waals surface area contributed by atoms with E-state index in [1.165, 1.54) is 0 Å². The minimum atomic E-state index is -5.62. The van der Waals surface area contributed by atoms with E-state index in [9.17, 15) is 22.0 Å². The SMILES string of the molecule is Nc1nnc(COCC(F)(F)C(F)(F)F)s1. The van der Waals surface area contributed by atoms with E-state index in [1.54, 1.807) is 0 Å². The van der Waals surface area contributed by atoms with Gasteiger partial charge in [0.25, 0.3) is 0 Å². The van der Waals surface area contributed by atoms with Gasteiger partial charge in [-0.15, -0.1) is 10.2 Å². The standard InChI is InChI=1S/C6H6F5N3OS/c7-5(8,6(9,10)11)2-15-1-3-13-14-4(12)16-3/h1-2H2,(H2,12,14). The molecule has 0 aromatic carbocycles. The molecule has 92 valence electrons. The molecule has 16 heavy (non-hydrogen) atoms. The van der Waals surface area contributed by atoms with E-state index in [0.717, 1.165) is 11.3 Å². The molecule has 0 spiro atoms. The van der Waals surface area contributed by atoms with Gasteiger partial charge in [0.05, 0.1) is 0 Å². The van der Waals surface area contributed by atoms with Crippen LogP contribution in [-0.4, -0.2) is 28.9 Å². The number of ether oxygens (including phenoxy) is 1. The molecular weight excluding hydrogens is 257 g/mol. The van der Waals surface area contributed by atoms with Crippen molar-refractivity contribution in [3.05, 3.63) is 5.01 Å². The van der Waals surface area contributed by atoms with Crippen LogP contribution < -0.4 is 5.73 Å². The first-order chi connectivity index (χ1) is 7.22. The lowest BCUT2D eigenvalue weighted by atomic mass is 10.3. The third-order valence-electron chi connectivity index (χ3n) is 1.41. The fourth-order valence-corrected chi connectivity index (χ4v) is 1.22. The topological polar surface area (TPSA) is 61.0 Å². The van der Waals surface area contributed by atoms with E-state index in [1.807, 2.05) is 0 Å². The Balaban J connectivity index is 2.41. The minimum Gasteiger partial charge on any atom is -0.374 e. The maximum absolute atomic E-state index is 12.3. The van der Waals surface area contributed by atoms with E-state index in [0.29, 0.717) is 0 Å². The third kappa shape index (κ3) is 3.23. The lowest BCUT2D eigenvalue weighted by molar-refractivity contribution is -0.297. The van der Waals surface area contributed by atoms with Gasteiger partial charge in [0, 0.05) is 0 Å². The summed E-state index contributed by atoms with van der Waals surface area (Å²) >= 11 is 0.850. The summed E-state index contributed by atoms with van der Waals surface area (Å²) in [5, 5.41) is 6.95. The summed E-state index contributed by atoms with van der Waals surface area (Å²) in [6.45, 7) is -2.24. The number of aromatic nitrogens is 2. The third-order valence-corrected chi connectivity index (χ3v) is 2.13. The Kier molecular flexibility index (Phi) is 3.63. The van der Waals surface area contributed by atoms with Crippen molar-refractivity contribution >= 4 is 16.5 Å². The first-order valence-corrected chi connectivity index (χ1v) is 4.64. The number of halogens is 5. The van der Waals surface area contributed by atoms with Crippen molar-refractivity contribution in [3.8, 4) is 0 Å². The zero-order valence-electron chi connectivity index (χ0n) is 7.59. The van der Waals surface area contributed by atoms with Gasteiger partial charge >= 0.3 is 12.1 Å². The van der Waals surface area contributed by atoms with Crippen molar-refractivity contribution in [3.63, 3.8) is 0 Å². The Morgan fingerprint density at radius 2 is 1.81 bits per heavy atom. The summed E-state index contributed by atoms with van der Waals surface area (Å²) in [6, 6.07) is 0. The predicted octanol–water partition coefficient (Wildman–Crippen LogP) is 1.83. The van der Waals surface area contributed by atoms with E-state index >= 15 is 0 Å². The van der Waals surface area contributed by atoms with Crippen LogP contribution >= 0.6 is 11.3 Å². The molecule has 0 bridgehead atoms. The highest BCUT2D eigenvalue weighted by molar-refractivity contribution is 7.15. The maximum atomic E-state index is 12.3. The number of nitrogens with zero attached hydrogens (tertiary/aromatic N) is 2. The highest BCUT2D eigenvalue weighted by Crippen LogP contribution is 2.35. The molecule has 0 aliphatic rings. The molecule has 0 radical (unpaired) electrons. The molecule has 0 unspecified atom stereocenters. The predicted molar refractivity (Wildman–Crippen MR) is 45.0 cm³/mol. The van der Waals surface area contributed by atoms with E-state index in [-0.39, 0.29) is 10.1 Å². The van der Waals surface area contributed by atoms with Crippen LogP contribution in [0, 0.1) is 0 Å². The van der Waals surface area contributed by atoms with Gasteiger partial charge in [-0.05, 0) is 0 Å². The molecule has 1 rings (SSSR count). The van der Waals surface area contributed by atoms with Gasteiger partial charge in [0.2, 0.25) is 5.13 Å². The molecule has 0 fully saturated rings. The highest BCUT2D eigenvalue weighted by Gasteiger charge is 2.57. The number of alkyl halides is 5. The van der Waals surface area contributed by atoms with Crippen LogP contribution in [0.25, 0.3) is 0 Å². The Morgan fingerprint density at radius 3 is 2.25 bits per heavy atom. The first-order valence-electron chi connectivity index (χ1n) is 3.82. The quantitative estimate of drug-likeness (QED) is 0.842. The van der Waals surface area contributed by atoms with Crippen LogP contribution in [0.5, 0.6) is 0 Å². The zero-order valence-corrected chi connectivity index (χ0v) is 8.41. The molecule has 0 saturated heterocycles. The summed E-state index contributed by atoms with van der Waals surface area (Å²) in [6.07, 6.45) is -5.62. The lowest BCUT2D eigenvalue weighted by Gasteiger charge is -2.18. The maximum Gasteiger partial charge on any atom is 0.455 e. The molecule has 0 saturated carbocycles. The van der Waals surface area contributed by atoms with Gasteiger partial charge in [-0.25, -0.2) is 0 Å². The van der Waals surface area contributed by atoms with Crippen molar-refractivity contribution in [1.29, 1.82) is 0 Å². The average Bonchev–Trinajstić information content (AvgIpc) is 2.49.